The van der Waals surface area contributed by atoms with E-state index in [-0.39, 0.29) is 5.56 Å². The Balaban J connectivity index is 0.000000160. The van der Waals surface area contributed by atoms with Gasteiger partial charge in [-0.25, -0.2) is 13.2 Å². The second-order valence-corrected chi connectivity index (χ2v) is 5.92. The summed E-state index contributed by atoms with van der Waals surface area (Å²) in [7, 11) is -2.11. The fourth-order valence-electron chi connectivity index (χ4n) is 1.66. The lowest BCUT2D eigenvalue weighted by atomic mass is 9.97. The maximum Gasteiger partial charge on any atom is 0.214 e. The quantitative estimate of drug-likeness (QED) is 0.465. The van der Waals surface area contributed by atoms with E-state index in [1.807, 2.05) is 0 Å². The van der Waals surface area contributed by atoms with E-state index >= 15 is 0 Å². The highest BCUT2D eigenvalue weighted by Gasteiger charge is 2.19. The summed E-state index contributed by atoms with van der Waals surface area (Å²) in [5.74, 6) is -3.62. The first-order chi connectivity index (χ1) is 10.4. The standard InChI is InChI=1S/C8H3F3.C7H5BrO2S/c9-6-3-4-1-2-5(4)7(10)8(6)11;8-7-3-1-6(2-4-7)5-11(9)10/h1-3H;1-5H. The molecule has 1 aliphatic carbocycles. The molecule has 0 aliphatic heterocycles. The normalized spacial score (nSPS) is 10.9. The molecule has 0 unspecified atom stereocenters. The summed E-state index contributed by atoms with van der Waals surface area (Å²) in [4.78, 5) is 0. The van der Waals surface area contributed by atoms with Crippen LogP contribution in [-0.4, -0.2) is 13.8 Å². The number of rotatable bonds is 1. The van der Waals surface area contributed by atoms with E-state index in [9.17, 15) is 21.6 Å². The van der Waals surface area contributed by atoms with E-state index in [4.69, 9.17) is 0 Å². The van der Waals surface area contributed by atoms with Gasteiger partial charge in [0.1, 0.15) is 0 Å². The Morgan fingerprint density at radius 2 is 1.59 bits per heavy atom. The van der Waals surface area contributed by atoms with Crippen molar-refractivity contribution in [2.75, 3.05) is 0 Å². The van der Waals surface area contributed by atoms with Crippen LogP contribution in [0.1, 0.15) is 16.7 Å². The predicted molar refractivity (Wildman–Crippen MR) is 83.5 cm³/mol. The number of hydrogen-bond acceptors (Lipinski definition) is 2. The van der Waals surface area contributed by atoms with Crippen molar-refractivity contribution in [1.82, 2.24) is 0 Å². The molecule has 0 saturated carbocycles. The van der Waals surface area contributed by atoms with Crippen molar-refractivity contribution in [3.63, 3.8) is 0 Å². The van der Waals surface area contributed by atoms with Crippen LogP contribution in [0.2, 0.25) is 0 Å². The van der Waals surface area contributed by atoms with Crippen LogP contribution in [0.5, 0.6) is 0 Å². The molecule has 0 spiro atoms. The third-order valence-electron chi connectivity index (χ3n) is 2.76. The predicted octanol–water partition coefficient (Wildman–Crippen LogP) is 4.07. The van der Waals surface area contributed by atoms with Gasteiger partial charge in [-0.2, -0.15) is 8.42 Å². The molecule has 0 bridgehead atoms. The van der Waals surface area contributed by atoms with Gasteiger partial charge in [0.05, 0.1) is 5.37 Å². The third kappa shape index (κ3) is 3.86. The fraction of sp³-hybridized carbons (Fsp3) is 0. The molecule has 0 amide bonds. The maximum atomic E-state index is 12.6. The average Bonchev–Trinajstić information content (AvgIpc) is 2.44. The van der Waals surface area contributed by atoms with Gasteiger partial charge < -0.3 is 0 Å². The van der Waals surface area contributed by atoms with Crippen molar-refractivity contribution in [3.8, 4) is 0 Å². The van der Waals surface area contributed by atoms with Crippen molar-refractivity contribution in [3.05, 3.63) is 68.9 Å². The zero-order valence-corrected chi connectivity index (χ0v) is 13.3. The van der Waals surface area contributed by atoms with Crippen molar-refractivity contribution in [1.29, 1.82) is 0 Å². The molecular formula is C15H8BrF3O2S. The monoisotopic (exact) mass is 388 g/mol. The Morgan fingerprint density at radius 3 is 2.09 bits per heavy atom. The molecule has 2 aromatic rings. The van der Waals surface area contributed by atoms with Gasteiger partial charge in [0.15, 0.2) is 17.5 Å². The van der Waals surface area contributed by atoms with E-state index in [0.717, 1.165) is 15.9 Å². The van der Waals surface area contributed by atoms with E-state index in [0.29, 0.717) is 11.1 Å². The molecule has 22 heavy (non-hydrogen) atoms. The number of hydrogen-bond donors (Lipinski definition) is 0. The summed E-state index contributed by atoms with van der Waals surface area (Å²) in [5.41, 5.74) is 1.26. The Hall–Kier alpha value is -1.86. The molecule has 3 rings (SSSR count). The van der Waals surface area contributed by atoms with Crippen molar-refractivity contribution in [2.45, 2.75) is 0 Å². The second kappa shape index (κ2) is 6.93. The Morgan fingerprint density at radius 1 is 0.955 bits per heavy atom. The van der Waals surface area contributed by atoms with Gasteiger partial charge in [-0.3, -0.25) is 0 Å². The summed E-state index contributed by atoms with van der Waals surface area (Å²) in [6.45, 7) is 0. The van der Waals surface area contributed by atoms with Crippen LogP contribution in [-0.2, 0) is 10.3 Å². The van der Waals surface area contributed by atoms with Crippen LogP contribution in [0.4, 0.5) is 13.2 Å². The highest BCUT2D eigenvalue weighted by Crippen LogP contribution is 2.29. The molecule has 1 aliphatic rings. The smallest absolute Gasteiger partial charge is 0.204 e. The van der Waals surface area contributed by atoms with E-state index < -0.39 is 27.7 Å². The zero-order chi connectivity index (χ0) is 16.3. The van der Waals surface area contributed by atoms with Crippen LogP contribution in [0, 0.1) is 17.5 Å². The van der Waals surface area contributed by atoms with Gasteiger partial charge >= 0.3 is 0 Å². The van der Waals surface area contributed by atoms with Gasteiger partial charge in [0.2, 0.25) is 10.3 Å². The maximum absolute atomic E-state index is 12.6. The second-order valence-electron chi connectivity index (χ2n) is 4.25. The van der Waals surface area contributed by atoms with Gasteiger partial charge in [0.25, 0.3) is 0 Å². The zero-order valence-electron chi connectivity index (χ0n) is 10.9. The minimum Gasteiger partial charge on any atom is -0.204 e. The summed E-state index contributed by atoms with van der Waals surface area (Å²) in [6.07, 6.45) is 2.94. The summed E-state index contributed by atoms with van der Waals surface area (Å²) in [5, 5.41) is 1.16. The lowest BCUT2D eigenvalue weighted by molar-refractivity contribution is 0.445. The molecule has 0 atom stereocenters. The van der Waals surface area contributed by atoms with E-state index in [1.54, 1.807) is 24.3 Å². The van der Waals surface area contributed by atoms with Crippen LogP contribution >= 0.6 is 15.9 Å². The molecule has 2 aromatic carbocycles. The molecule has 0 heterocycles. The number of benzene rings is 2. The molecule has 7 heteroatoms. The SMILES string of the molecule is Fc1cc2c(c(F)c1F)C=C2.O=S(=O)=Cc1ccc(Br)cc1. The minimum atomic E-state index is -2.11. The molecule has 114 valence electrons. The molecule has 0 N–H and O–H groups in total. The van der Waals surface area contributed by atoms with Crippen LogP contribution in [0.25, 0.3) is 12.2 Å². The first-order valence-corrected chi connectivity index (χ1v) is 7.85. The molecule has 0 aromatic heterocycles. The molecule has 0 radical (unpaired) electrons. The van der Waals surface area contributed by atoms with Crippen LogP contribution in [0.15, 0.2) is 34.8 Å². The molecular weight excluding hydrogens is 381 g/mol. The average molecular weight is 389 g/mol. The van der Waals surface area contributed by atoms with E-state index in [2.05, 4.69) is 15.9 Å². The first-order valence-electron chi connectivity index (χ1n) is 5.92. The van der Waals surface area contributed by atoms with Crippen LogP contribution < -0.4 is 0 Å². The minimum absolute atomic E-state index is 0.156. The molecule has 0 saturated heterocycles. The highest BCUT2D eigenvalue weighted by molar-refractivity contribution is 9.10. The van der Waals surface area contributed by atoms with Gasteiger partial charge in [-0.1, -0.05) is 40.2 Å². The lowest BCUT2D eigenvalue weighted by Gasteiger charge is -2.11. The Labute approximate surface area is 134 Å². The van der Waals surface area contributed by atoms with Crippen LogP contribution in [0.3, 0.4) is 0 Å². The summed E-state index contributed by atoms with van der Waals surface area (Å²) < 4.78 is 58.8. The van der Waals surface area contributed by atoms with Crippen molar-refractivity contribution >= 4 is 43.7 Å². The summed E-state index contributed by atoms with van der Waals surface area (Å²) in [6, 6.07) is 8.00. The number of fused-ring (bicyclic) bond motifs is 1. The molecule has 2 nitrogen and oxygen atoms in total. The third-order valence-corrected chi connectivity index (χ3v) is 3.76. The Kier molecular flexibility index (Phi) is 5.20. The molecule has 0 fully saturated rings. The number of halogens is 4. The van der Waals surface area contributed by atoms with Gasteiger partial charge in [0, 0.05) is 10.0 Å². The van der Waals surface area contributed by atoms with Crippen molar-refractivity contribution in [2.24, 2.45) is 0 Å². The largest absolute Gasteiger partial charge is 0.214 e. The highest BCUT2D eigenvalue weighted by atomic mass is 79.9. The summed E-state index contributed by atoms with van der Waals surface area (Å²) >= 11 is 3.24. The van der Waals surface area contributed by atoms with Gasteiger partial charge in [-0.15, -0.1) is 0 Å². The topological polar surface area (TPSA) is 34.1 Å². The first kappa shape index (κ1) is 16.5. The fourth-order valence-corrected chi connectivity index (χ4v) is 2.31. The Bertz CT molecular complexity index is 865. The van der Waals surface area contributed by atoms with Crippen molar-refractivity contribution < 1.29 is 21.6 Å². The van der Waals surface area contributed by atoms with E-state index in [1.165, 1.54) is 12.2 Å². The lowest BCUT2D eigenvalue weighted by Crippen LogP contribution is -2.01. The van der Waals surface area contributed by atoms with Gasteiger partial charge in [-0.05, 0) is 29.3 Å².